The van der Waals surface area contributed by atoms with E-state index in [4.69, 9.17) is 5.11 Å². The smallest absolute Gasteiger partial charge is 0.323 e. The predicted molar refractivity (Wildman–Crippen MR) is 71.5 cm³/mol. The van der Waals surface area contributed by atoms with Crippen LogP contribution in [0, 0.1) is 5.92 Å². The highest BCUT2D eigenvalue weighted by molar-refractivity contribution is 5.80. The van der Waals surface area contributed by atoms with Crippen LogP contribution >= 0.6 is 0 Å². The second-order valence-electron chi connectivity index (χ2n) is 4.38. The second-order valence-corrected chi connectivity index (χ2v) is 4.38. The van der Waals surface area contributed by atoms with Gasteiger partial charge in [0.25, 0.3) is 0 Å². The Hall–Kier alpha value is -1.52. The fourth-order valence-corrected chi connectivity index (χ4v) is 1.94. The maximum Gasteiger partial charge on any atom is 0.323 e. The van der Waals surface area contributed by atoms with Gasteiger partial charge < -0.3 is 15.3 Å². The molecule has 0 aliphatic rings. The van der Waals surface area contributed by atoms with Gasteiger partial charge in [-0.15, -0.1) is 6.58 Å². The zero-order chi connectivity index (χ0) is 14.1. The average molecular weight is 256 g/mol. The van der Waals surface area contributed by atoms with Gasteiger partial charge in [0, 0.05) is 12.6 Å². The van der Waals surface area contributed by atoms with E-state index >= 15 is 0 Å². The molecular weight excluding hydrogens is 232 g/mol. The van der Waals surface area contributed by atoms with E-state index in [0.29, 0.717) is 5.92 Å². The van der Waals surface area contributed by atoms with Crippen LogP contribution in [0.25, 0.3) is 0 Å². The van der Waals surface area contributed by atoms with Gasteiger partial charge in [-0.1, -0.05) is 32.8 Å². The van der Waals surface area contributed by atoms with Crippen molar-refractivity contribution in [1.82, 2.24) is 10.2 Å². The normalized spacial score (nSPS) is 12.0. The molecule has 1 unspecified atom stereocenters. The Morgan fingerprint density at radius 3 is 2.33 bits per heavy atom. The first-order valence-electron chi connectivity index (χ1n) is 6.34. The fraction of sp³-hybridized carbons (Fsp3) is 0.692. The van der Waals surface area contributed by atoms with Crippen molar-refractivity contribution in [2.75, 3.05) is 13.1 Å². The highest BCUT2D eigenvalue weighted by Gasteiger charge is 2.20. The Morgan fingerprint density at radius 1 is 1.39 bits per heavy atom. The highest BCUT2D eigenvalue weighted by atomic mass is 16.4. The molecule has 1 atom stereocenters. The van der Waals surface area contributed by atoms with Crippen LogP contribution in [-0.2, 0) is 4.79 Å². The van der Waals surface area contributed by atoms with Crippen molar-refractivity contribution < 1.29 is 14.7 Å². The predicted octanol–water partition coefficient (Wildman–Crippen LogP) is 2.09. The SMILES string of the molecule is C=CCN(CC(=O)O)C(=O)NC(C)C(CC)CC. The fourth-order valence-electron chi connectivity index (χ4n) is 1.94. The molecule has 0 aliphatic carbocycles. The van der Waals surface area contributed by atoms with Crippen LogP contribution in [0.4, 0.5) is 4.79 Å². The third kappa shape index (κ3) is 5.70. The van der Waals surface area contributed by atoms with Crippen molar-refractivity contribution in [2.45, 2.75) is 39.7 Å². The Morgan fingerprint density at radius 2 is 1.94 bits per heavy atom. The number of rotatable bonds is 8. The molecule has 0 spiro atoms. The average Bonchev–Trinajstić information content (AvgIpc) is 2.29. The van der Waals surface area contributed by atoms with Gasteiger partial charge in [-0.2, -0.15) is 0 Å². The van der Waals surface area contributed by atoms with Crippen LogP contribution in [0.15, 0.2) is 12.7 Å². The van der Waals surface area contributed by atoms with Gasteiger partial charge in [-0.3, -0.25) is 4.79 Å². The summed E-state index contributed by atoms with van der Waals surface area (Å²) in [6.07, 6.45) is 3.49. The zero-order valence-corrected chi connectivity index (χ0v) is 11.5. The molecule has 5 heteroatoms. The number of carboxylic acid groups (broad SMARTS) is 1. The third-order valence-electron chi connectivity index (χ3n) is 3.07. The van der Waals surface area contributed by atoms with Crippen LogP contribution in [0.1, 0.15) is 33.6 Å². The Balaban J connectivity index is 4.48. The third-order valence-corrected chi connectivity index (χ3v) is 3.07. The molecule has 18 heavy (non-hydrogen) atoms. The van der Waals surface area contributed by atoms with Crippen LogP contribution < -0.4 is 5.32 Å². The molecule has 0 heterocycles. The first-order valence-corrected chi connectivity index (χ1v) is 6.34. The summed E-state index contributed by atoms with van der Waals surface area (Å²) >= 11 is 0. The molecule has 2 amide bonds. The molecule has 0 saturated heterocycles. The Kier molecular flexibility index (Phi) is 7.83. The molecular formula is C13H24N2O3. The van der Waals surface area contributed by atoms with Gasteiger partial charge in [0.2, 0.25) is 0 Å². The van der Waals surface area contributed by atoms with E-state index in [1.54, 1.807) is 0 Å². The minimum Gasteiger partial charge on any atom is -0.480 e. The molecule has 0 aromatic heterocycles. The Bertz CT molecular complexity index is 288. The minimum absolute atomic E-state index is 0.0358. The van der Waals surface area contributed by atoms with E-state index in [1.165, 1.54) is 11.0 Å². The Labute approximate surface area is 109 Å². The van der Waals surface area contributed by atoms with Crippen molar-refractivity contribution in [2.24, 2.45) is 5.92 Å². The number of urea groups is 1. The molecule has 0 aromatic carbocycles. The first-order chi connectivity index (χ1) is 8.46. The van der Waals surface area contributed by atoms with Crippen LogP contribution in [0.3, 0.4) is 0 Å². The van der Waals surface area contributed by atoms with Gasteiger partial charge in [0.15, 0.2) is 0 Å². The number of amides is 2. The molecule has 5 nitrogen and oxygen atoms in total. The van der Waals surface area contributed by atoms with E-state index in [9.17, 15) is 9.59 Å². The lowest BCUT2D eigenvalue weighted by atomic mass is 9.96. The van der Waals surface area contributed by atoms with E-state index in [2.05, 4.69) is 25.7 Å². The maximum atomic E-state index is 11.9. The highest BCUT2D eigenvalue weighted by Crippen LogP contribution is 2.12. The minimum atomic E-state index is -1.03. The summed E-state index contributed by atoms with van der Waals surface area (Å²) in [4.78, 5) is 23.8. The van der Waals surface area contributed by atoms with Gasteiger partial charge >= 0.3 is 12.0 Å². The number of carboxylic acids is 1. The second kappa shape index (κ2) is 8.55. The van der Waals surface area contributed by atoms with Crippen LogP contribution in [0.5, 0.6) is 0 Å². The standard InChI is InChI=1S/C13H24N2O3/c1-5-8-15(9-12(16)17)13(18)14-10(4)11(6-2)7-3/h5,10-11H,1,6-9H2,2-4H3,(H,14,18)(H,16,17). The van der Waals surface area contributed by atoms with Gasteiger partial charge in [-0.25, -0.2) is 4.79 Å². The number of nitrogens with one attached hydrogen (secondary N) is 1. The summed E-state index contributed by atoms with van der Waals surface area (Å²) in [5, 5.41) is 11.6. The van der Waals surface area contributed by atoms with E-state index in [1.807, 2.05) is 6.92 Å². The van der Waals surface area contributed by atoms with E-state index in [0.717, 1.165) is 12.8 Å². The summed E-state index contributed by atoms with van der Waals surface area (Å²) < 4.78 is 0. The monoisotopic (exact) mass is 256 g/mol. The maximum absolute atomic E-state index is 11.9. The summed E-state index contributed by atoms with van der Waals surface area (Å²) in [7, 11) is 0. The van der Waals surface area contributed by atoms with Crippen LogP contribution in [-0.4, -0.2) is 41.1 Å². The van der Waals surface area contributed by atoms with E-state index < -0.39 is 5.97 Å². The van der Waals surface area contributed by atoms with Gasteiger partial charge in [-0.05, 0) is 12.8 Å². The number of carbonyl (C=O) groups is 2. The lowest BCUT2D eigenvalue weighted by Gasteiger charge is -2.26. The molecule has 0 fully saturated rings. The zero-order valence-electron chi connectivity index (χ0n) is 11.5. The molecule has 0 aromatic rings. The number of carbonyl (C=O) groups excluding carboxylic acids is 1. The summed E-state index contributed by atoms with van der Waals surface area (Å²) in [5.41, 5.74) is 0. The molecule has 0 aliphatic heterocycles. The number of hydrogen-bond acceptors (Lipinski definition) is 2. The number of aliphatic carboxylic acids is 1. The molecule has 104 valence electrons. The lowest BCUT2D eigenvalue weighted by Crippen LogP contribution is -2.47. The topological polar surface area (TPSA) is 69.6 Å². The van der Waals surface area contributed by atoms with Crippen molar-refractivity contribution in [3.63, 3.8) is 0 Å². The van der Waals surface area contributed by atoms with Crippen LogP contribution in [0.2, 0.25) is 0 Å². The number of nitrogens with zero attached hydrogens (tertiary/aromatic N) is 1. The lowest BCUT2D eigenvalue weighted by molar-refractivity contribution is -0.137. The summed E-state index contributed by atoms with van der Waals surface area (Å²) in [6.45, 7) is 9.54. The van der Waals surface area contributed by atoms with Crippen molar-refractivity contribution in [3.05, 3.63) is 12.7 Å². The molecule has 0 bridgehead atoms. The van der Waals surface area contributed by atoms with Gasteiger partial charge in [0.05, 0.1) is 0 Å². The largest absolute Gasteiger partial charge is 0.480 e. The molecule has 0 saturated carbocycles. The van der Waals surface area contributed by atoms with Gasteiger partial charge in [0.1, 0.15) is 6.54 Å². The van der Waals surface area contributed by atoms with Crippen molar-refractivity contribution in [3.8, 4) is 0 Å². The molecule has 2 N–H and O–H groups in total. The van der Waals surface area contributed by atoms with Crippen molar-refractivity contribution in [1.29, 1.82) is 0 Å². The van der Waals surface area contributed by atoms with E-state index in [-0.39, 0.29) is 25.2 Å². The summed E-state index contributed by atoms with van der Waals surface area (Å²) in [6, 6.07) is -0.315. The molecule has 0 rings (SSSR count). The number of hydrogen-bond donors (Lipinski definition) is 2. The summed E-state index contributed by atoms with van der Waals surface area (Å²) in [5.74, 6) is -0.619. The molecule has 0 radical (unpaired) electrons. The van der Waals surface area contributed by atoms with Crippen molar-refractivity contribution >= 4 is 12.0 Å². The first kappa shape index (κ1) is 16.5. The quantitative estimate of drug-likeness (QED) is 0.653.